The van der Waals surface area contributed by atoms with Gasteiger partial charge in [-0.2, -0.15) is 0 Å². The molecule has 0 aliphatic carbocycles. The highest BCUT2D eigenvalue weighted by Gasteiger charge is 2.24. The maximum absolute atomic E-state index is 13.6. The van der Waals surface area contributed by atoms with Gasteiger partial charge in [-0.3, -0.25) is 15.0 Å². The van der Waals surface area contributed by atoms with E-state index in [1.54, 1.807) is 39.4 Å². The van der Waals surface area contributed by atoms with Crippen LogP contribution in [0.5, 0.6) is 0 Å². The van der Waals surface area contributed by atoms with E-state index in [0.717, 1.165) is 18.2 Å². The van der Waals surface area contributed by atoms with Crippen molar-refractivity contribution in [1.82, 2.24) is 29.9 Å². The van der Waals surface area contributed by atoms with Gasteiger partial charge in [0.05, 0.1) is 126 Å². The number of benzene rings is 6. The summed E-state index contributed by atoms with van der Waals surface area (Å²) in [4.78, 5) is 68.4. The van der Waals surface area contributed by atoms with Crippen LogP contribution in [0.4, 0.5) is 60.9 Å². The third-order valence-electron chi connectivity index (χ3n) is 14.9. The van der Waals surface area contributed by atoms with Crippen LogP contribution in [0.15, 0.2) is 110 Å². The fourth-order valence-corrected chi connectivity index (χ4v) is 10.5. The average molecular weight is 1240 g/mol. The Balaban J connectivity index is 0.000000148. The number of nitrogens with one attached hydrogen (secondary N) is 3. The van der Waals surface area contributed by atoms with Crippen molar-refractivity contribution >= 4 is 85.5 Å². The molecular weight excluding hydrogens is 1180 g/mol. The summed E-state index contributed by atoms with van der Waals surface area (Å²) in [6.07, 6.45) is 4.84. The molecular formula is C63H60F6N12O9. The quantitative estimate of drug-likeness (QED) is 0.0521. The Kier molecular flexibility index (Phi) is 19.6. The van der Waals surface area contributed by atoms with E-state index in [9.17, 15) is 56.0 Å². The minimum absolute atomic E-state index is 0.0602. The smallest absolute Gasteiger partial charge is 0.335 e. The summed E-state index contributed by atoms with van der Waals surface area (Å²) in [5, 5.41) is 37.5. The van der Waals surface area contributed by atoms with Gasteiger partial charge in [-0.15, -0.1) is 0 Å². The van der Waals surface area contributed by atoms with E-state index in [2.05, 4.69) is 30.9 Å². The zero-order valence-electron chi connectivity index (χ0n) is 48.7. The standard InChI is InChI=1S/3C21H20F2N4O3/c3*1-12(25-16-9-14(22)8-15(23)10-16)17-6-13(21(28)29)7-18-20(17)26-19(11-24-18)27-2-4-30-5-3-27/h3*6-12,25H,2-5H2,1H3,(H,28,29). The molecule has 0 saturated carbocycles. The molecule has 90 heavy (non-hydrogen) atoms. The zero-order valence-corrected chi connectivity index (χ0v) is 48.7. The Morgan fingerprint density at radius 3 is 0.844 bits per heavy atom. The highest BCUT2D eigenvalue weighted by molar-refractivity contribution is 5.96. The van der Waals surface area contributed by atoms with Gasteiger partial charge in [-0.25, -0.2) is 55.7 Å². The largest absolute Gasteiger partial charge is 0.478 e. The molecule has 3 saturated heterocycles. The van der Waals surface area contributed by atoms with E-state index in [1.807, 2.05) is 14.7 Å². The Labute approximate surface area is 510 Å². The van der Waals surface area contributed by atoms with Crippen LogP contribution in [0.2, 0.25) is 0 Å². The number of aromatic nitrogens is 6. The fourth-order valence-electron chi connectivity index (χ4n) is 10.5. The lowest BCUT2D eigenvalue weighted by atomic mass is 10.0. The summed E-state index contributed by atoms with van der Waals surface area (Å²) >= 11 is 0. The molecule has 21 nitrogen and oxygen atoms in total. The van der Waals surface area contributed by atoms with E-state index < -0.39 is 70.9 Å². The normalized spacial score (nSPS) is 15.2. The molecule has 6 heterocycles. The lowest BCUT2D eigenvalue weighted by Crippen LogP contribution is -2.36. The molecule has 3 unspecified atom stereocenters. The van der Waals surface area contributed by atoms with Gasteiger partial charge in [0.2, 0.25) is 0 Å². The third-order valence-corrected chi connectivity index (χ3v) is 14.9. The second-order valence-electron chi connectivity index (χ2n) is 21.3. The molecule has 0 radical (unpaired) electrons. The van der Waals surface area contributed by atoms with Crippen LogP contribution in [-0.2, 0) is 14.2 Å². The summed E-state index contributed by atoms with van der Waals surface area (Å²) in [5.74, 6) is -5.52. The molecule has 3 aliphatic heterocycles. The Morgan fingerprint density at radius 2 is 0.622 bits per heavy atom. The van der Waals surface area contributed by atoms with Crippen LogP contribution in [0.25, 0.3) is 33.1 Å². The van der Waals surface area contributed by atoms with Gasteiger partial charge >= 0.3 is 17.9 Å². The van der Waals surface area contributed by atoms with Crippen molar-refractivity contribution in [2.24, 2.45) is 0 Å². The topological polar surface area (TPSA) is 263 Å². The number of nitrogens with zero attached hydrogens (tertiary/aromatic N) is 9. The van der Waals surface area contributed by atoms with Gasteiger partial charge < -0.3 is 60.2 Å². The number of hydrogen-bond acceptors (Lipinski definition) is 18. The second-order valence-corrected chi connectivity index (χ2v) is 21.3. The van der Waals surface area contributed by atoms with Crippen molar-refractivity contribution in [2.45, 2.75) is 38.9 Å². The molecule has 0 amide bonds. The molecule has 3 atom stereocenters. The number of anilines is 6. The first-order chi connectivity index (χ1) is 43.2. The highest BCUT2D eigenvalue weighted by Crippen LogP contribution is 2.33. The van der Waals surface area contributed by atoms with E-state index in [1.165, 1.54) is 72.8 Å². The minimum atomic E-state index is -1.10. The molecule has 3 fully saturated rings. The van der Waals surface area contributed by atoms with Crippen molar-refractivity contribution in [3.8, 4) is 0 Å². The second kappa shape index (κ2) is 28.0. The lowest BCUT2D eigenvalue weighted by molar-refractivity contribution is 0.0686. The van der Waals surface area contributed by atoms with Gasteiger partial charge in [0.25, 0.3) is 0 Å². The third kappa shape index (κ3) is 15.5. The number of carboxylic acid groups (broad SMARTS) is 3. The number of rotatable bonds is 15. The summed E-state index contributed by atoms with van der Waals surface area (Å²) < 4.78 is 97.5. The Bertz CT molecular complexity index is 3660. The number of carbonyl (C=O) groups is 3. The average Bonchev–Trinajstić information content (AvgIpc) is 0.907. The van der Waals surface area contributed by atoms with Gasteiger partial charge in [-0.1, -0.05) is 0 Å². The van der Waals surface area contributed by atoms with Crippen molar-refractivity contribution in [1.29, 1.82) is 0 Å². The number of carboxylic acids is 3. The first kappa shape index (κ1) is 63.0. The van der Waals surface area contributed by atoms with E-state index >= 15 is 0 Å². The van der Waals surface area contributed by atoms with Crippen LogP contribution in [-0.4, -0.2) is 142 Å². The van der Waals surface area contributed by atoms with Crippen molar-refractivity contribution in [2.75, 3.05) is 110 Å². The maximum atomic E-state index is 13.6. The van der Waals surface area contributed by atoms with Gasteiger partial charge in [0.1, 0.15) is 52.4 Å². The summed E-state index contributed by atoms with van der Waals surface area (Å²) in [6, 6.07) is 16.9. The predicted molar refractivity (Wildman–Crippen MR) is 324 cm³/mol. The van der Waals surface area contributed by atoms with E-state index in [0.29, 0.717) is 146 Å². The van der Waals surface area contributed by atoms with Crippen molar-refractivity contribution < 1.29 is 70.3 Å². The van der Waals surface area contributed by atoms with E-state index in [4.69, 9.17) is 29.2 Å². The number of fused-ring (bicyclic) bond motifs is 3. The fraction of sp³-hybridized carbons (Fsp3) is 0.286. The molecule has 9 aromatic rings. The molecule has 3 aromatic heterocycles. The zero-order chi connectivity index (χ0) is 63.8. The molecule has 12 rings (SSSR count). The minimum Gasteiger partial charge on any atom is -0.478 e. The molecule has 0 bridgehead atoms. The maximum Gasteiger partial charge on any atom is 0.335 e. The molecule has 468 valence electrons. The number of aromatic carboxylic acids is 3. The predicted octanol–water partition coefficient (Wildman–Crippen LogP) is 10.8. The van der Waals surface area contributed by atoms with Crippen LogP contribution < -0.4 is 30.7 Å². The first-order valence-corrected chi connectivity index (χ1v) is 28.5. The van der Waals surface area contributed by atoms with Crippen LogP contribution in [0.3, 0.4) is 0 Å². The Hall–Kier alpha value is -9.99. The molecule has 27 heteroatoms. The molecule has 3 aliphatic rings. The number of ether oxygens (including phenoxy) is 3. The molecule has 6 N–H and O–H groups in total. The lowest BCUT2D eigenvalue weighted by Gasteiger charge is -2.28. The summed E-state index contributed by atoms with van der Waals surface area (Å²) in [5.41, 5.74) is 5.49. The molecule has 6 aromatic carbocycles. The Morgan fingerprint density at radius 1 is 0.389 bits per heavy atom. The van der Waals surface area contributed by atoms with Crippen molar-refractivity contribution in [3.05, 3.63) is 178 Å². The SMILES string of the molecule is CC(Nc1cc(F)cc(F)c1)c1cc(C(=O)O)cc2ncc(N3CCOCC3)nc12.CC(Nc1cc(F)cc(F)c1)c1cc(C(=O)O)cc2ncc(N3CCOCC3)nc12.CC(Nc1cc(F)cc(F)c1)c1cc(C(=O)O)cc2ncc(N3CCOCC3)nc12. The number of hydrogen-bond donors (Lipinski definition) is 6. The monoisotopic (exact) mass is 1240 g/mol. The number of halogens is 6. The number of morpholine rings is 3. The van der Waals surface area contributed by atoms with E-state index in [-0.39, 0.29) is 33.8 Å². The summed E-state index contributed by atoms with van der Waals surface area (Å²) in [7, 11) is 0. The summed E-state index contributed by atoms with van der Waals surface area (Å²) in [6.45, 7) is 12.9. The first-order valence-electron chi connectivity index (χ1n) is 28.5. The van der Waals surface area contributed by atoms with Crippen LogP contribution in [0.1, 0.15) is 86.7 Å². The molecule has 0 spiro atoms. The van der Waals surface area contributed by atoms with Gasteiger partial charge in [-0.05, 0) is 93.6 Å². The van der Waals surface area contributed by atoms with Crippen molar-refractivity contribution in [3.63, 3.8) is 0 Å². The van der Waals surface area contributed by atoms with Gasteiger partial charge in [0, 0.05) is 91.2 Å². The van der Waals surface area contributed by atoms with Crippen LogP contribution in [0, 0.1) is 34.9 Å². The van der Waals surface area contributed by atoms with Crippen LogP contribution >= 0.6 is 0 Å². The highest BCUT2D eigenvalue weighted by atomic mass is 19.2. The van der Waals surface area contributed by atoms with Gasteiger partial charge in [0.15, 0.2) is 0 Å².